The number of hydrogen-bond donors (Lipinski definition) is 1. The van der Waals surface area contributed by atoms with Crippen LogP contribution in [0.3, 0.4) is 0 Å². The van der Waals surface area contributed by atoms with Crippen LogP contribution in [-0.2, 0) is 19.4 Å². The van der Waals surface area contributed by atoms with E-state index in [0.29, 0.717) is 18.5 Å². The first-order valence-electron chi connectivity index (χ1n) is 8.12. The molecule has 2 saturated heterocycles. The minimum absolute atomic E-state index is 0.0719. The summed E-state index contributed by atoms with van der Waals surface area (Å²) in [4.78, 5) is 32.9. The molecule has 2 aromatic rings. The molecule has 27 heavy (non-hydrogen) atoms. The van der Waals surface area contributed by atoms with Crippen LogP contribution in [-0.4, -0.2) is 65.3 Å². The third-order valence-electron chi connectivity index (χ3n) is 4.33. The minimum atomic E-state index is -3.74. The van der Waals surface area contributed by atoms with E-state index in [1.165, 1.54) is 16.8 Å². The SMILES string of the molecule is CS(=O)(=O)c1nc(N2CCC(F)C2)n2ncc(/C=C3\CC(=O)NC3=O)c2n1. The van der Waals surface area contributed by atoms with Gasteiger partial charge >= 0.3 is 0 Å². The molecule has 12 heteroatoms. The van der Waals surface area contributed by atoms with Gasteiger partial charge in [-0.25, -0.2) is 12.8 Å². The predicted octanol–water partition coefficient (Wildman–Crippen LogP) is -0.494. The van der Waals surface area contributed by atoms with Crippen molar-refractivity contribution in [2.45, 2.75) is 24.2 Å². The van der Waals surface area contributed by atoms with Gasteiger partial charge < -0.3 is 4.90 Å². The van der Waals surface area contributed by atoms with Crippen molar-refractivity contribution in [2.75, 3.05) is 24.2 Å². The Morgan fingerprint density at radius 2 is 2.11 bits per heavy atom. The fourth-order valence-corrected chi connectivity index (χ4v) is 3.54. The third-order valence-corrected chi connectivity index (χ3v) is 5.17. The number of imide groups is 1. The topological polar surface area (TPSA) is 127 Å². The highest BCUT2D eigenvalue weighted by molar-refractivity contribution is 7.90. The zero-order valence-corrected chi connectivity index (χ0v) is 15.0. The second-order valence-electron chi connectivity index (χ2n) is 6.47. The van der Waals surface area contributed by atoms with Gasteiger partial charge in [-0.2, -0.15) is 19.6 Å². The summed E-state index contributed by atoms with van der Waals surface area (Å²) in [6.45, 7) is 0.437. The van der Waals surface area contributed by atoms with Gasteiger partial charge in [0.15, 0.2) is 5.65 Å². The average molecular weight is 394 g/mol. The smallest absolute Gasteiger partial charge is 0.254 e. The lowest BCUT2D eigenvalue weighted by atomic mass is 10.1. The largest absolute Gasteiger partial charge is 0.338 e. The van der Waals surface area contributed by atoms with Gasteiger partial charge in [-0.15, -0.1) is 0 Å². The van der Waals surface area contributed by atoms with Crippen molar-refractivity contribution in [3.05, 3.63) is 17.3 Å². The van der Waals surface area contributed by atoms with Crippen molar-refractivity contribution in [2.24, 2.45) is 0 Å². The number of fused-ring (bicyclic) bond motifs is 1. The van der Waals surface area contributed by atoms with Gasteiger partial charge in [-0.05, 0) is 12.5 Å². The van der Waals surface area contributed by atoms with E-state index in [9.17, 15) is 22.4 Å². The fraction of sp³-hybridized carbons (Fsp3) is 0.400. The summed E-state index contributed by atoms with van der Waals surface area (Å²) in [5.41, 5.74) is 0.739. The van der Waals surface area contributed by atoms with Crippen LogP contribution in [0, 0.1) is 0 Å². The molecule has 1 atom stereocenters. The first-order chi connectivity index (χ1) is 12.7. The van der Waals surface area contributed by atoms with E-state index in [4.69, 9.17) is 0 Å². The summed E-state index contributed by atoms with van der Waals surface area (Å²) in [5.74, 6) is -0.769. The van der Waals surface area contributed by atoms with Gasteiger partial charge in [0.05, 0.1) is 19.2 Å². The van der Waals surface area contributed by atoms with Gasteiger partial charge in [0, 0.05) is 23.9 Å². The fourth-order valence-electron chi connectivity index (χ4n) is 3.04. The number of carbonyl (C=O) groups excluding carboxylic acids is 2. The quantitative estimate of drug-likeness (QED) is 0.546. The van der Waals surface area contributed by atoms with Gasteiger partial charge in [-0.1, -0.05) is 0 Å². The van der Waals surface area contributed by atoms with Crippen LogP contribution in [0.5, 0.6) is 0 Å². The molecule has 2 fully saturated rings. The van der Waals surface area contributed by atoms with E-state index >= 15 is 0 Å². The van der Waals surface area contributed by atoms with E-state index in [-0.39, 0.29) is 30.1 Å². The summed E-state index contributed by atoms with van der Waals surface area (Å²) in [6, 6.07) is 0. The zero-order chi connectivity index (χ0) is 19.3. The molecule has 142 valence electrons. The van der Waals surface area contributed by atoms with Crippen molar-refractivity contribution in [3.8, 4) is 0 Å². The number of nitrogens with one attached hydrogen (secondary N) is 1. The number of aromatic nitrogens is 4. The van der Waals surface area contributed by atoms with Gasteiger partial charge in [0.2, 0.25) is 21.7 Å². The summed E-state index contributed by atoms with van der Waals surface area (Å²) in [5, 5.41) is 5.92. The molecule has 0 spiro atoms. The highest BCUT2D eigenvalue weighted by atomic mass is 32.2. The number of nitrogens with zero attached hydrogens (tertiary/aromatic N) is 5. The van der Waals surface area contributed by atoms with Gasteiger partial charge in [-0.3, -0.25) is 14.9 Å². The lowest BCUT2D eigenvalue weighted by Gasteiger charge is -2.17. The molecule has 0 aliphatic carbocycles. The number of carbonyl (C=O) groups is 2. The van der Waals surface area contributed by atoms with Crippen LogP contribution in [0.2, 0.25) is 0 Å². The number of amides is 2. The third kappa shape index (κ3) is 3.16. The molecule has 2 aliphatic heterocycles. The Labute approximate surface area is 153 Å². The highest BCUT2D eigenvalue weighted by Gasteiger charge is 2.29. The second kappa shape index (κ2) is 6.08. The van der Waals surface area contributed by atoms with E-state index in [1.54, 1.807) is 4.90 Å². The Morgan fingerprint density at radius 3 is 2.70 bits per heavy atom. The molecule has 4 heterocycles. The van der Waals surface area contributed by atoms with Crippen molar-refractivity contribution in [3.63, 3.8) is 0 Å². The molecule has 2 aliphatic rings. The molecular formula is C15H15FN6O4S. The maximum atomic E-state index is 13.6. The van der Waals surface area contributed by atoms with Crippen molar-refractivity contribution >= 4 is 39.3 Å². The molecule has 10 nitrogen and oxygen atoms in total. The molecule has 2 aromatic heterocycles. The van der Waals surface area contributed by atoms with E-state index in [2.05, 4.69) is 20.4 Å². The first kappa shape index (κ1) is 17.5. The number of sulfone groups is 1. The van der Waals surface area contributed by atoms with Crippen LogP contribution >= 0.6 is 0 Å². The number of anilines is 1. The molecule has 0 aromatic carbocycles. The van der Waals surface area contributed by atoms with Gasteiger partial charge in [0.25, 0.3) is 11.1 Å². The van der Waals surface area contributed by atoms with Crippen molar-refractivity contribution < 1.29 is 22.4 Å². The van der Waals surface area contributed by atoms with Gasteiger partial charge in [0.1, 0.15) is 6.17 Å². The minimum Gasteiger partial charge on any atom is -0.338 e. The number of rotatable bonds is 3. The predicted molar refractivity (Wildman–Crippen MR) is 91.4 cm³/mol. The standard InChI is InChI=1S/C15H15FN6O4S/c1-27(25,26)14-19-12-9(4-8-5-11(23)18-13(8)24)6-17-22(12)15(20-14)21-3-2-10(16)7-21/h4,6,10H,2-3,5,7H2,1H3,(H,18,23,24)/b8-4+. The highest BCUT2D eigenvalue weighted by Crippen LogP contribution is 2.25. The Kier molecular flexibility index (Phi) is 3.94. The lowest BCUT2D eigenvalue weighted by molar-refractivity contribution is -0.124. The summed E-state index contributed by atoms with van der Waals surface area (Å²) in [6.07, 6.45) is 2.99. The Balaban J connectivity index is 1.89. The molecule has 0 radical (unpaired) electrons. The van der Waals surface area contributed by atoms with Crippen molar-refractivity contribution in [1.29, 1.82) is 0 Å². The summed E-state index contributed by atoms with van der Waals surface area (Å²) >= 11 is 0. The molecule has 1 unspecified atom stereocenters. The summed E-state index contributed by atoms with van der Waals surface area (Å²) < 4.78 is 39.0. The maximum Gasteiger partial charge on any atom is 0.254 e. The normalized spacial score (nSPS) is 22.2. The van der Waals surface area contributed by atoms with E-state index < -0.39 is 33.0 Å². The number of alkyl halides is 1. The average Bonchev–Trinajstić information content (AvgIpc) is 3.26. The van der Waals surface area contributed by atoms with Crippen LogP contribution in [0.4, 0.5) is 10.3 Å². The Hall–Kier alpha value is -2.89. The first-order valence-corrected chi connectivity index (χ1v) is 10.0. The molecule has 0 bridgehead atoms. The van der Waals surface area contributed by atoms with E-state index in [0.717, 1.165) is 6.26 Å². The van der Waals surface area contributed by atoms with Crippen LogP contribution in [0.25, 0.3) is 11.7 Å². The number of hydrogen-bond acceptors (Lipinski definition) is 8. The van der Waals surface area contributed by atoms with Crippen molar-refractivity contribution in [1.82, 2.24) is 24.9 Å². The Bertz CT molecular complexity index is 1110. The van der Waals surface area contributed by atoms with Crippen LogP contribution in [0.15, 0.2) is 16.9 Å². The maximum absolute atomic E-state index is 13.6. The summed E-state index contributed by atoms with van der Waals surface area (Å²) in [7, 11) is -3.74. The van der Waals surface area contributed by atoms with Crippen LogP contribution in [0.1, 0.15) is 18.4 Å². The lowest BCUT2D eigenvalue weighted by Crippen LogP contribution is -2.25. The second-order valence-corrected chi connectivity index (χ2v) is 8.38. The Morgan fingerprint density at radius 1 is 1.33 bits per heavy atom. The molecule has 0 saturated carbocycles. The monoisotopic (exact) mass is 394 g/mol. The van der Waals surface area contributed by atoms with Crippen LogP contribution < -0.4 is 10.2 Å². The molecule has 2 amide bonds. The molecule has 4 rings (SSSR count). The van der Waals surface area contributed by atoms with E-state index in [1.807, 2.05) is 0 Å². The zero-order valence-electron chi connectivity index (χ0n) is 14.2. The number of halogens is 1. The molecule has 1 N–H and O–H groups in total. The molecular weight excluding hydrogens is 379 g/mol.